The van der Waals surface area contributed by atoms with Crippen molar-refractivity contribution in [2.45, 2.75) is 0 Å². The molecule has 1 N–H and O–H groups in total. The van der Waals surface area contributed by atoms with E-state index in [1.165, 1.54) is 24.3 Å². The van der Waals surface area contributed by atoms with Crippen molar-refractivity contribution in [1.82, 2.24) is 0 Å². The first kappa shape index (κ1) is 10.5. The van der Waals surface area contributed by atoms with Crippen LogP contribution in [0.25, 0.3) is 0 Å². The molecule has 0 aliphatic heterocycles. The van der Waals surface area contributed by atoms with Crippen LogP contribution in [0.5, 0.6) is 0 Å². The number of halogens is 1. The maximum Gasteiger partial charge on any atom is 0.371 e. The Hall–Kier alpha value is -2.01. The minimum absolute atomic E-state index is 0.00344. The number of rotatable bonds is 3. The normalized spacial score (nSPS) is 10.3. The lowest BCUT2D eigenvalue weighted by Gasteiger charge is -1.91. The van der Waals surface area contributed by atoms with Crippen LogP contribution in [0.1, 0.15) is 26.9 Å². The van der Waals surface area contributed by atoms with Gasteiger partial charge in [0.1, 0.15) is 0 Å². The van der Waals surface area contributed by atoms with Gasteiger partial charge in [0.25, 0.3) is 5.78 Å². The Bertz CT molecular complexity index is 551. The van der Waals surface area contributed by atoms with Gasteiger partial charge < -0.3 is 13.9 Å². The smallest absolute Gasteiger partial charge is 0.371 e. The van der Waals surface area contributed by atoms with E-state index in [-0.39, 0.29) is 22.5 Å². The molecule has 82 valence electrons. The van der Waals surface area contributed by atoms with E-state index in [1.807, 2.05) is 0 Å². The molecule has 0 saturated heterocycles. The van der Waals surface area contributed by atoms with Crippen LogP contribution in [0.15, 0.2) is 33.1 Å². The SMILES string of the molecule is O=C(O)c1ccc(C(=O)c2ccc(Cl)o2)o1. The molecule has 2 aromatic rings. The summed E-state index contributed by atoms with van der Waals surface area (Å²) in [6, 6.07) is 5.26. The Labute approximate surface area is 94.2 Å². The number of aromatic carboxylic acids is 1. The average molecular weight is 241 g/mol. The molecule has 0 amide bonds. The van der Waals surface area contributed by atoms with Crippen LogP contribution in [0, 0.1) is 0 Å². The highest BCUT2D eigenvalue weighted by molar-refractivity contribution is 6.29. The summed E-state index contributed by atoms with van der Waals surface area (Å²) in [7, 11) is 0. The molecule has 16 heavy (non-hydrogen) atoms. The number of carbonyl (C=O) groups is 2. The second kappa shape index (κ2) is 3.86. The van der Waals surface area contributed by atoms with Crippen LogP contribution < -0.4 is 0 Å². The molecule has 0 spiro atoms. The van der Waals surface area contributed by atoms with Crippen LogP contribution in [0.4, 0.5) is 0 Å². The molecular weight excluding hydrogens is 236 g/mol. The predicted octanol–water partition coefficient (Wildman–Crippen LogP) is 2.46. The van der Waals surface area contributed by atoms with Gasteiger partial charge in [0.05, 0.1) is 0 Å². The van der Waals surface area contributed by atoms with Gasteiger partial charge in [0.2, 0.25) is 5.76 Å². The number of hydrogen-bond acceptors (Lipinski definition) is 4. The van der Waals surface area contributed by atoms with E-state index in [9.17, 15) is 9.59 Å². The lowest BCUT2D eigenvalue weighted by Crippen LogP contribution is -1.98. The van der Waals surface area contributed by atoms with E-state index in [0.29, 0.717) is 0 Å². The molecule has 0 bridgehead atoms. The second-order valence-electron chi connectivity index (χ2n) is 2.90. The van der Waals surface area contributed by atoms with Crippen molar-refractivity contribution in [3.05, 3.63) is 46.8 Å². The summed E-state index contributed by atoms with van der Waals surface area (Å²) < 4.78 is 9.70. The third kappa shape index (κ3) is 1.85. The first-order valence-corrected chi connectivity index (χ1v) is 4.59. The van der Waals surface area contributed by atoms with Crippen molar-refractivity contribution >= 4 is 23.4 Å². The molecule has 0 fully saturated rings. The molecule has 6 heteroatoms. The van der Waals surface area contributed by atoms with Gasteiger partial charge >= 0.3 is 5.97 Å². The summed E-state index contributed by atoms with van der Waals surface area (Å²) in [6.45, 7) is 0. The number of carbonyl (C=O) groups excluding carboxylic acids is 1. The number of ketones is 1. The molecular formula is C10H5ClO5. The largest absolute Gasteiger partial charge is 0.475 e. The van der Waals surface area contributed by atoms with Crippen molar-refractivity contribution < 1.29 is 23.5 Å². The molecule has 0 radical (unpaired) electrons. The molecule has 0 aliphatic carbocycles. The molecule has 0 unspecified atom stereocenters. The topological polar surface area (TPSA) is 80.6 Å². The summed E-state index contributed by atoms with van der Waals surface area (Å²) in [6.07, 6.45) is 0. The zero-order valence-electron chi connectivity index (χ0n) is 7.77. The third-order valence-corrected chi connectivity index (χ3v) is 2.04. The lowest BCUT2D eigenvalue weighted by atomic mass is 10.2. The average Bonchev–Trinajstić information content (AvgIpc) is 2.84. The highest BCUT2D eigenvalue weighted by atomic mass is 35.5. The van der Waals surface area contributed by atoms with Gasteiger partial charge in [-0.25, -0.2) is 4.79 Å². The van der Waals surface area contributed by atoms with Crippen molar-refractivity contribution in [3.63, 3.8) is 0 Å². The number of carboxylic acids is 1. The minimum Gasteiger partial charge on any atom is -0.475 e. The standard InChI is InChI=1S/C10H5ClO5/c11-8-4-3-6(16-8)9(12)5-1-2-7(15-5)10(13)14/h1-4H,(H,13,14). The van der Waals surface area contributed by atoms with Crippen LogP contribution in [-0.4, -0.2) is 16.9 Å². The van der Waals surface area contributed by atoms with Crippen LogP contribution in [0.2, 0.25) is 5.22 Å². The maximum absolute atomic E-state index is 11.7. The Morgan fingerprint density at radius 2 is 1.56 bits per heavy atom. The lowest BCUT2D eigenvalue weighted by molar-refractivity contribution is 0.0660. The maximum atomic E-state index is 11.7. The monoisotopic (exact) mass is 240 g/mol. The van der Waals surface area contributed by atoms with Gasteiger partial charge in [-0.1, -0.05) is 0 Å². The van der Waals surface area contributed by atoms with Crippen LogP contribution >= 0.6 is 11.6 Å². The highest BCUT2D eigenvalue weighted by Crippen LogP contribution is 2.18. The van der Waals surface area contributed by atoms with Crippen molar-refractivity contribution in [1.29, 1.82) is 0 Å². The van der Waals surface area contributed by atoms with E-state index in [4.69, 9.17) is 25.5 Å². The van der Waals surface area contributed by atoms with Gasteiger partial charge in [-0.2, -0.15) is 0 Å². The Balaban J connectivity index is 2.30. The summed E-state index contributed by atoms with van der Waals surface area (Å²) in [5, 5.41) is 8.68. The van der Waals surface area contributed by atoms with E-state index in [0.717, 1.165) is 0 Å². The van der Waals surface area contributed by atoms with Gasteiger partial charge in [0, 0.05) is 0 Å². The van der Waals surface area contributed by atoms with Gasteiger partial charge in [-0.15, -0.1) is 0 Å². The summed E-state index contributed by atoms with van der Waals surface area (Å²) in [5.41, 5.74) is 0. The molecule has 2 heterocycles. The molecule has 0 atom stereocenters. The van der Waals surface area contributed by atoms with Gasteiger partial charge in [-0.3, -0.25) is 4.79 Å². The zero-order chi connectivity index (χ0) is 11.7. The summed E-state index contributed by atoms with van der Waals surface area (Å²) in [5.74, 6) is -2.21. The first-order valence-electron chi connectivity index (χ1n) is 4.21. The predicted molar refractivity (Wildman–Crippen MR) is 52.8 cm³/mol. The summed E-state index contributed by atoms with van der Waals surface area (Å²) in [4.78, 5) is 22.2. The van der Waals surface area contributed by atoms with E-state index in [2.05, 4.69) is 0 Å². The van der Waals surface area contributed by atoms with E-state index in [1.54, 1.807) is 0 Å². The fraction of sp³-hybridized carbons (Fsp3) is 0. The number of furan rings is 2. The molecule has 2 rings (SSSR count). The molecule has 5 nitrogen and oxygen atoms in total. The Kier molecular flexibility index (Phi) is 2.54. The van der Waals surface area contributed by atoms with Crippen molar-refractivity contribution in [2.75, 3.05) is 0 Å². The van der Waals surface area contributed by atoms with Crippen LogP contribution in [-0.2, 0) is 0 Å². The number of carboxylic acid groups (broad SMARTS) is 1. The Morgan fingerprint density at radius 1 is 1.00 bits per heavy atom. The van der Waals surface area contributed by atoms with Gasteiger partial charge in [0.15, 0.2) is 16.7 Å². The first-order chi connectivity index (χ1) is 7.58. The fourth-order valence-corrected chi connectivity index (χ4v) is 1.28. The Morgan fingerprint density at radius 3 is 2.06 bits per heavy atom. The molecule has 0 aliphatic rings. The zero-order valence-corrected chi connectivity index (χ0v) is 8.52. The van der Waals surface area contributed by atoms with Crippen LogP contribution in [0.3, 0.4) is 0 Å². The summed E-state index contributed by atoms with van der Waals surface area (Å²) >= 11 is 5.50. The van der Waals surface area contributed by atoms with E-state index < -0.39 is 11.8 Å². The molecule has 2 aromatic heterocycles. The van der Waals surface area contributed by atoms with Crippen molar-refractivity contribution in [3.8, 4) is 0 Å². The number of hydrogen-bond donors (Lipinski definition) is 1. The van der Waals surface area contributed by atoms with Gasteiger partial charge in [-0.05, 0) is 35.9 Å². The van der Waals surface area contributed by atoms with E-state index >= 15 is 0 Å². The van der Waals surface area contributed by atoms with Crippen molar-refractivity contribution in [2.24, 2.45) is 0 Å². The quantitative estimate of drug-likeness (QED) is 0.834. The second-order valence-corrected chi connectivity index (χ2v) is 3.27. The molecule has 0 saturated carbocycles. The fourth-order valence-electron chi connectivity index (χ4n) is 1.13. The minimum atomic E-state index is -1.24. The highest BCUT2D eigenvalue weighted by Gasteiger charge is 2.19. The third-order valence-electron chi connectivity index (χ3n) is 1.84. The molecule has 0 aromatic carbocycles.